The van der Waals surface area contributed by atoms with Gasteiger partial charge >= 0.3 is 176 Å². The molecule has 0 unspecified atom stereocenters. The van der Waals surface area contributed by atoms with Crippen LogP contribution in [0.1, 0.15) is 31.9 Å². The van der Waals surface area contributed by atoms with Gasteiger partial charge in [-0.3, -0.25) is 0 Å². The fourth-order valence-corrected chi connectivity index (χ4v) is 9.82. The van der Waals surface area contributed by atoms with Crippen molar-refractivity contribution in [1.82, 2.24) is 5.32 Å². The first-order valence-electron chi connectivity index (χ1n) is 10.4. The van der Waals surface area contributed by atoms with Crippen LogP contribution in [0.4, 0.5) is 0 Å². The van der Waals surface area contributed by atoms with E-state index < -0.39 is 27.4 Å². The number of nitrogens with one attached hydrogen (secondary N) is 1. The first-order chi connectivity index (χ1) is 15.2. The van der Waals surface area contributed by atoms with Crippen LogP contribution in [0.2, 0.25) is 4.71 Å². The molecule has 0 aliphatic rings. The number of benzene rings is 2. The quantitative estimate of drug-likeness (QED) is 0.377. The second kappa shape index (κ2) is 12.7. The van der Waals surface area contributed by atoms with Crippen molar-refractivity contribution in [3.05, 3.63) is 58.1 Å². The third-order valence-corrected chi connectivity index (χ3v) is 13.5. The predicted molar refractivity (Wildman–Crippen MR) is 132 cm³/mol. The van der Waals surface area contributed by atoms with Crippen molar-refractivity contribution in [2.75, 3.05) is 19.4 Å². The summed E-state index contributed by atoms with van der Waals surface area (Å²) in [5.41, 5.74) is 2.03. The minimum atomic E-state index is -3.13. The van der Waals surface area contributed by atoms with Crippen LogP contribution in [0.25, 0.3) is 0 Å². The number of carbonyl (C=O) groups is 1. The van der Waals surface area contributed by atoms with Gasteiger partial charge in [-0.1, -0.05) is 30.3 Å². The van der Waals surface area contributed by atoms with Gasteiger partial charge in [-0.25, -0.2) is 0 Å². The molecule has 0 fully saturated rings. The van der Waals surface area contributed by atoms with E-state index in [4.69, 9.17) is 9.47 Å². The van der Waals surface area contributed by atoms with Crippen LogP contribution in [0, 0.1) is 5.92 Å². The Kier molecular flexibility index (Phi) is 10.6. The van der Waals surface area contributed by atoms with E-state index >= 15 is 0 Å². The molecule has 0 aliphatic heterocycles. The number of amides is 1. The summed E-state index contributed by atoms with van der Waals surface area (Å²) in [6, 6.07) is 13.7. The Balaban J connectivity index is 2.00. The first-order valence-corrected chi connectivity index (χ1v) is 16.2. The fourth-order valence-electron chi connectivity index (χ4n) is 2.94. The Morgan fingerprint density at radius 1 is 1.16 bits per heavy atom. The molecule has 0 aliphatic carbocycles. The minimum absolute atomic E-state index is 0.0217. The van der Waals surface area contributed by atoms with Gasteiger partial charge < -0.3 is 0 Å². The number of hydrogen-bond donors (Lipinski definition) is 1. The van der Waals surface area contributed by atoms with Gasteiger partial charge in [0.25, 0.3) is 0 Å². The molecule has 1 amide bonds. The molecule has 32 heavy (non-hydrogen) atoms. The Hall–Kier alpha value is -1.50. The Bertz CT molecular complexity index is 999. The maximum absolute atomic E-state index is 12.6. The second-order valence-corrected chi connectivity index (χ2v) is 16.4. The Morgan fingerprint density at radius 2 is 1.84 bits per heavy atom. The van der Waals surface area contributed by atoms with Crippen molar-refractivity contribution in [2.45, 2.75) is 38.5 Å². The molecule has 9 heteroatoms. The van der Waals surface area contributed by atoms with Gasteiger partial charge in [-0.15, -0.1) is 0 Å². The van der Waals surface area contributed by atoms with Crippen LogP contribution < -0.4 is 14.8 Å². The van der Waals surface area contributed by atoms with Crippen LogP contribution in [-0.2, 0) is 25.9 Å². The van der Waals surface area contributed by atoms with Gasteiger partial charge in [0.05, 0.1) is 0 Å². The zero-order valence-electron chi connectivity index (χ0n) is 18.8. The molecule has 1 N–H and O–H groups in total. The van der Waals surface area contributed by atoms with E-state index in [-0.39, 0.29) is 17.6 Å². The van der Waals surface area contributed by atoms with Gasteiger partial charge in [-0.2, -0.15) is 0 Å². The van der Waals surface area contributed by atoms with Gasteiger partial charge in [-0.05, 0) is 0 Å². The van der Waals surface area contributed by atoms with Crippen LogP contribution in [0.5, 0.6) is 11.5 Å². The summed E-state index contributed by atoms with van der Waals surface area (Å²) >= 11 is 2.46. The van der Waals surface area contributed by atoms with Crippen LogP contribution in [0.3, 0.4) is 0 Å². The van der Waals surface area contributed by atoms with Crippen LogP contribution in [-0.4, -0.2) is 48.3 Å². The van der Waals surface area contributed by atoms with E-state index in [1.54, 1.807) is 14.0 Å². The van der Waals surface area contributed by atoms with Gasteiger partial charge in [0, 0.05) is 0 Å². The normalized spacial score (nSPS) is 12.8. The molecule has 0 saturated carbocycles. The summed E-state index contributed by atoms with van der Waals surface area (Å²) < 4.78 is 35.8. The van der Waals surface area contributed by atoms with Crippen LogP contribution >= 0.6 is 15.9 Å². The van der Waals surface area contributed by atoms with Crippen molar-refractivity contribution < 1.29 is 22.7 Å². The molecule has 2 aromatic rings. The maximum atomic E-state index is 12.6. The second-order valence-electron chi connectivity index (χ2n) is 7.59. The van der Waals surface area contributed by atoms with Gasteiger partial charge in [0.15, 0.2) is 0 Å². The number of methoxy groups -OCH3 is 1. The molecule has 2 rings (SSSR count). The van der Waals surface area contributed by atoms with Crippen LogP contribution in [0.15, 0.2) is 46.9 Å². The number of ether oxygens (including phenoxy) is 2. The van der Waals surface area contributed by atoms with E-state index in [2.05, 4.69) is 21.2 Å². The van der Waals surface area contributed by atoms with Crippen molar-refractivity contribution in [1.29, 1.82) is 0 Å². The van der Waals surface area contributed by atoms with Gasteiger partial charge in [0.1, 0.15) is 0 Å². The number of hydrogen-bond acceptors (Lipinski definition) is 5. The summed E-state index contributed by atoms with van der Waals surface area (Å²) in [7, 11) is -1.54. The standard InChI is InChI=1S/C23H30AsBrNO5S/c1-5-32(28,29)24-21(16(2)3)23(27)26-12-11-18-13-19(25)22(20(14-18)30-4)31-15-17-9-7-6-8-10-17/h6-10,13-14,16,21H,5,11-12,15H2,1-4H3,(H,26,27)/t21-/m0/s1. The third-order valence-electron chi connectivity index (χ3n) is 4.77. The molecule has 6 nitrogen and oxygen atoms in total. The molecule has 0 heterocycles. The van der Waals surface area contributed by atoms with E-state index in [1.807, 2.05) is 56.3 Å². The summed E-state index contributed by atoms with van der Waals surface area (Å²) in [4.78, 5) is 12.6. The fraction of sp³-hybridized carbons (Fsp3) is 0.435. The third kappa shape index (κ3) is 8.13. The number of rotatable bonds is 12. The zero-order valence-corrected chi connectivity index (χ0v) is 23.1. The average Bonchev–Trinajstić information content (AvgIpc) is 2.76. The topological polar surface area (TPSA) is 81.7 Å². The summed E-state index contributed by atoms with van der Waals surface area (Å²) in [6.07, 6.45) is 0.585. The van der Waals surface area contributed by atoms with E-state index in [0.717, 1.165) is 15.6 Å². The molecule has 2 aromatic carbocycles. The average molecular weight is 587 g/mol. The summed E-state index contributed by atoms with van der Waals surface area (Å²) in [5, 5.41) is 2.91. The molecule has 1 radical (unpaired) electrons. The molecule has 175 valence electrons. The Labute approximate surface area is 205 Å². The molecule has 0 spiro atoms. The van der Waals surface area contributed by atoms with Crippen molar-refractivity contribution in [3.8, 4) is 11.5 Å². The van der Waals surface area contributed by atoms with E-state index in [1.165, 1.54) is 0 Å². The molecular formula is C23H30AsBrNO5S. The van der Waals surface area contributed by atoms with Gasteiger partial charge in [0.2, 0.25) is 0 Å². The number of halogens is 1. The van der Waals surface area contributed by atoms with Crippen molar-refractivity contribution in [3.63, 3.8) is 0 Å². The van der Waals surface area contributed by atoms with Crippen molar-refractivity contribution in [2.24, 2.45) is 5.92 Å². The van der Waals surface area contributed by atoms with E-state index in [9.17, 15) is 13.2 Å². The van der Waals surface area contributed by atoms with E-state index in [0.29, 0.717) is 31.1 Å². The summed E-state index contributed by atoms with van der Waals surface area (Å²) in [5.74, 6) is 1.10. The molecule has 0 saturated heterocycles. The molecule has 1 atom stereocenters. The first kappa shape index (κ1) is 26.7. The molecule has 0 aromatic heterocycles. The Morgan fingerprint density at radius 3 is 2.44 bits per heavy atom. The molecular weight excluding hydrogens is 557 g/mol. The monoisotopic (exact) mass is 586 g/mol. The number of carbonyl (C=O) groups excluding carboxylic acids is 1. The van der Waals surface area contributed by atoms with Crippen molar-refractivity contribution >= 4 is 44.5 Å². The SMILES string of the molecule is CCS(=O)(=O)[As][C@H](C(=O)NCCc1cc(Br)c(OCc2ccccc2)c(OC)c1)C(C)C. The summed E-state index contributed by atoms with van der Waals surface area (Å²) in [6.45, 7) is 6.24. The zero-order chi connectivity index (χ0) is 23.7. The molecule has 0 bridgehead atoms. The predicted octanol–water partition coefficient (Wildman–Crippen LogP) is 4.19.